The Morgan fingerprint density at radius 1 is 1.00 bits per heavy atom. The van der Waals surface area contributed by atoms with Crippen molar-refractivity contribution >= 4 is 5.91 Å². The van der Waals surface area contributed by atoms with Gasteiger partial charge in [-0.05, 0) is 43.5 Å². The standard InChI is InChI=1S/C25H23N5O2/c1-16-12-13-30(15-16)25(31)20-10-8-18(9-11-20)21-14-26-17(2)22(27-21)24-29-28-23(32-24)19-6-4-3-5-7-19/h3-11,14,16H,12-13,15H2,1-2H3/t16-/m1/s1. The molecule has 0 spiro atoms. The van der Waals surface area contributed by atoms with Gasteiger partial charge in [-0.15, -0.1) is 10.2 Å². The van der Waals surface area contributed by atoms with E-state index in [1.165, 1.54) is 0 Å². The molecule has 4 aromatic rings. The molecule has 1 saturated heterocycles. The van der Waals surface area contributed by atoms with Crippen molar-refractivity contribution in [2.45, 2.75) is 20.3 Å². The predicted molar refractivity (Wildman–Crippen MR) is 121 cm³/mol. The quantitative estimate of drug-likeness (QED) is 0.473. The minimum absolute atomic E-state index is 0.0795. The second-order valence-electron chi connectivity index (χ2n) is 8.19. The van der Waals surface area contributed by atoms with Crippen LogP contribution in [0.25, 0.3) is 34.3 Å². The van der Waals surface area contributed by atoms with E-state index in [4.69, 9.17) is 9.40 Å². The fourth-order valence-electron chi connectivity index (χ4n) is 3.89. The molecular formula is C25H23N5O2. The molecular weight excluding hydrogens is 402 g/mol. The van der Waals surface area contributed by atoms with Gasteiger partial charge in [-0.1, -0.05) is 37.3 Å². The highest BCUT2D eigenvalue weighted by Gasteiger charge is 2.24. The predicted octanol–water partition coefficient (Wildman–Crippen LogP) is 4.65. The topological polar surface area (TPSA) is 85.0 Å². The van der Waals surface area contributed by atoms with Crippen molar-refractivity contribution in [1.29, 1.82) is 0 Å². The molecule has 0 bridgehead atoms. The lowest BCUT2D eigenvalue weighted by atomic mass is 10.1. The van der Waals surface area contributed by atoms with Gasteiger partial charge in [-0.3, -0.25) is 9.78 Å². The van der Waals surface area contributed by atoms with Crippen molar-refractivity contribution in [2.24, 2.45) is 5.92 Å². The molecule has 1 aliphatic heterocycles. The molecule has 1 atom stereocenters. The molecule has 0 unspecified atom stereocenters. The Balaban J connectivity index is 1.40. The molecule has 160 valence electrons. The number of benzene rings is 2. The highest BCUT2D eigenvalue weighted by Crippen LogP contribution is 2.27. The van der Waals surface area contributed by atoms with Crippen LogP contribution in [0.2, 0.25) is 0 Å². The van der Waals surface area contributed by atoms with Gasteiger partial charge in [0.15, 0.2) is 0 Å². The first kappa shape index (κ1) is 20.1. The SMILES string of the molecule is Cc1ncc(-c2ccc(C(=O)N3CC[C@@H](C)C3)cc2)nc1-c1nnc(-c2ccccc2)o1. The van der Waals surface area contributed by atoms with Crippen LogP contribution < -0.4 is 0 Å². The van der Waals surface area contributed by atoms with Crippen LogP contribution in [0.5, 0.6) is 0 Å². The zero-order chi connectivity index (χ0) is 22.1. The summed E-state index contributed by atoms with van der Waals surface area (Å²) in [5.41, 5.74) is 4.33. The van der Waals surface area contributed by atoms with Crippen molar-refractivity contribution in [1.82, 2.24) is 25.1 Å². The number of hydrogen-bond donors (Lipinski definition) is 0. The second kappa shape index (κ2) is 8.34. The Labute approximate surface area is 186 Å². The Hall–Kier alpha value is -3.87. The second-order valence-corrected chi connectivity index (χ2v) is 8.19. The summed E-state index contributed by atoms with van der Waals surface area (Å²) in [6.07, 6.45) is 2.78. The summed E-state index contributed by atoms with van der Waals surface area (Å²) < 4.78 is 5.87. The molecule has 1 amide bonds. The Bertz CT molecular complexity index is 1250. The zero-order valence-corrected chi connectivity index (χ0v) is 18.0. The number of rotatable bonds is 4. The van der Waals surface area contributed by atoms with Gasteiger partial charge in [0.05, 0.1) is 17.6 Å². The molecule has 0 aliphatic carbocycles. The number of likely N-dealkylation sites (tertiary alicyclic amines) is 1. The van der Waals surface area contributed by atoms with Gasteiger partial charge >= 0.3 is 0 Å². The smallest absolute Gasteiger partial charge is 0.268 e. The number of hydrogen-bond acceptors (Lipinski definition) is 6. The van der Waals surface area contributed by atoms with Crippen LogP contribution >= 0.6 is 0 Å². The van der Waals surface area contributed by atoms with Crippen LogP contribution in [0.3, 0.4) is 0 Å². The zero-order valence-electron chi connectivity index (χ0n) is 18.0. The summed E-state index contributed by atoms with van der Waals surface area (Å²) >= 11 is 0. The number of carbonyl (C=O) groups excluding carboxylic acids is 1. The summed E-state index contributed by atoms with van der Waals surface area (Å²) in [7, 11) is 0. The van der Waals surface area contributed by atoms with Gasteiger partial charge < -0.3 is 9.32 Å². The third-order valence-corrected chi connectivity index (χ3v) is 5.74. The molecule has 2 aromatic carbocycles. The van der Waals surface area contributed by atoms with E-state index in [0.29, 0.717) is 40.3 Å². The monoisotopic (exact) mass is 425 g/mol. The van der Waals surface area contributed by atoms with Gasteiger partial charge in [0.25, 0.3) is 11.8 Å². The fourth-order valence-corrected chi connectivity index (χ4v) is 3.89. The summed E-state index contributed by atoms with van der Waals surface area (Å²) in [5, 5.41) is 8.33. The summed E-state index contributed by atoms with van der Waals surface area (Å²) in [6.45, 7) is 5.68. The minimum Gasteiger partial charge on any atom is -0.415 e. The lowest BCUT2D eigenvalue weighted by Crippen LogP contribution is -2.28. The largest absolute Gasteiger partial charge is 0.415 e. The Morgan fingerprint density at radius 3 is 2.47 bits per heavy atom. The van der Waals surface area contributed by atoms with Gasteiger partial charge in [-0.25, -0.2) is 4.98 Å². The molecule has 32 heavy (non-hydrogen) atoms. The molecule has 7 nitrogen and oxygen atoms in total. The van der Waals surface area contributed by atoms with E-state index in [0.717, 1.165) is 30.6 Å². The van der Waals surface area contributed by atoms with E-state index in [9.17, 15) is 4.79 Å². The maximum Gasteiger partial charge on any atom is 0.268 e. The van der Waals surface area contributed by atoms with Crippen molar-refractivity contribution in [2.75, 3.05) is 13.1 Å². The Kier molecular flexibility index (Phi) is 5.23. The molecule has 2 aromatic heterocycles. The summed E-state index contributed by atoms with van der Waals surface area (Å²) in [5.74, 6) is 1.40. The van der Waals surface area contributed by atoms with E-state index >= 15 is 0 Å². The molecule has 0 saturated carbocycles. The van der Waals surface area contributed by atoms with Gasteiger partial charge in [0.1, 0.15) is 5.69 Å². The van der Waals surface area contributed by atoms with Gasteiger partial charge in [-0.2, -0.15) is 0 Å². The molecule has 0 N–H and O–H groups in total. The molecule has 1 aliphatic rings. The summed E-state index contributed by atoms with van der Waals surface area (Å²) in [6, 6.07) is 17.1. The lowest BCUT2D eigenvalue weighted by molar-refractivity contribution is 0.0788. The number of amides is 1. The van der Waals surface area contributed by atoms with Crippen molar-refractivity contribution < 1.29 is 9.21 Å². The normalized spacial score (nSPS) is 15.8. The fraction of sp³-hybridized carbons (Fsp3) is 0.240. The third kappa shape index (κ3) is 3.89. The first-order valence-corrected chi connectivity index (χ1v) is 10.7. The van der Waals surface area contributed by atoms with Crippen LogP contribution in [0.1, 0.15) is 29.4 Å². The van der Waals surface area contributed by atoms with Crippen LogP contribution in [0, 0.1) is 12.8 Å². The first-order valence-electron chi connectivity index (χ1n) is 10.7. The Morgan fingerprint density at radius 2 is 1.75 bits per heavy atom. The van der Waals surface area contributed by atoms with E-state index in [1.807, 2.05) is 66.4 Å². The average Bonchev–Trinajstić information content (AvgIpc) is 3.49. The lowest BCUT2D eigenvalue weighted by Gasteiger charge is -2.16. The number of carbonyl (C=O) groups is 1. The van der Waals surface area contributed by atoms with Crippen LogP contribution in [0.15, 0.2) is 65.2 Å². The van der Waals surface area contributed by atoms with E-state index in [1.54, 1.807) is 6.20 Å². The minimum atomic E-state index is 0.0795. The van der Waals surface area contributed by atoms with E-state index in [-0.39, 0.29) is 5.91 Å². The van der Waals surface area contributed by atoms with Crippen molar-refractivity contribution in [3.63, 3.8) is 0 Å². The first-order chi connectivity index (χ1) is 15.6. The van der Waals surface area contributed by atoms with Crippen molar-refractivity contribution in [3.8, 4) is 34.3 Å². The van der Waals surface area contributed by atoms with Gasteiger partial charge in [0, 0.05) is 29.8 Å². The average molecular weight is 425 g/mol. The molecule has 7 heteroatoms. The number of nitrogens with zero attached hydrogens (tertiary/aromatic N) is 5. The van der Waals surface area contributed by atoms with Crippen LogP contribution in [-0.4, -0.2) is 44.1 Å². The van der Waals surface area contributed by atoms with Crippen LogP contribution in [-0.2, 0) is 0 Å². The number of aromatic nitrogens is 4. The molecule has 3 heterocycles. The maximum atomic E-state index is 12.7. The molecule has 5 rings (SSSR count). The third-order valence-electron chi connectivity index (χ3n) is 5.74. The molecule has 1 fully saturated rings. The van der Waals surface area contributed by atoms with E-state index < -0.39 is 0 Å². The summed E-state index contributed by atoms with van der Waals surface area (Å²) in [4.78, 5) is 23.8. The molecule has 0 radical (unpaired) electrons. The highest BCUT2D eigenvalue weighted by molar-refractivity contribution is 5.94. The number of aryl methyl sites for hydroxylation is 1. The van der Waals surface area contributed by atoms with Gasteiger partial charge in [0.2, 0.25) is 5.89 Å². The van der Waals surface area contributed by atoms with E-state index in [2.05, 4.69) is 22.1 Å². The van der Waals surface area contributed by atoms with Crippen LogP contribution in [0.4, 0.5) is 0 Å². The van der Waals surface area contributed by atoms with Crippen molar-refractivity contribution in [3.05, 3.63) is 72.1 Å². The highest BCUT2D eigenvalue weighted by atomic mass is 16.4. The maximum absolute atomic E-state index is 12.7.